The van der Waals surface area contributed by atoms with Gasteiger partial charge in [-0.2, -0.15) is 0 Å². The molecule has 0 bridgehead atoms. The third-order valence-electron chi connectivity index (χ3n) is 2.32. The van der Waals surface area contributed by atoms with Gasteiger partial charge in [-0.1, -0.05) is 13.0 Å². The molecule has 0 aromatic carbocycles. The van der Waals surface area contributed by atoms with Crippen LogP contribution in [-0.4, -0.2) is 14.5 Å². The summed E-state index contributed by atoms with van der Waals surface area (Å²) in [5.74, 6) is 1.03. The van der Waals surface area contributed by atoms with Gasteiger partial charge in [0.2, 0.25) is 0 Å². The zero-order valence-corrected chi connectivity index (χ0v) is 8.27. The van der Waals surface area contributed by atoms with E-state index in [1.54, 1.807) is 0 Å². The lowest BCUT2D eigenvalue weighted by Gasteiger charge is -1.97. The van der Waals surface area contributed by atoms with Crippen molar-refractivity contribution >= 4 is 5.52 Å². The van der Waals surface area contributed by atoms with E-state index in [-0.39, 0.29) is 6.61 Å². The molecular weight excluding hydrogens is 176 g/mol. The van der Waals surface area contributed by atoms with Crippen molar-refractivity contribution < 1.29 is 5.11 Å². The van der Waals surface area contributed by atoms with Gasteiger partial charge in [0.1, 0.15) is 5.82 Å². The largest absolute Gasteiger partial charge is 0.390 e. The number of aliphatic hydroxyl groups is 1. The smallest absolute Gasteiger partial charge is 0.113 e. The molecule has 2 heterocycles. The van der Waals surface area contributed by atoms with E-state index in [4.69, 9.17) is 5.11 Å². The number of aromatic nitrogens is 2. The van der Waals surface area contributed by atoms with Crippen molar-refractivity contribution in [2.24, 2.45) is 0 Å². The summed E-state index contributed by atoms with van der Waals surface area (Å²) < 4.78 is 2.05. The van der Waals surface area contributed by atoms with Crippen molar-refractivity contribution in [3.05, 3.63) is 35.9 Å². The zero-order chi connectivity index (χ0) is 9.97. The molecule has 0 atom stereocenters. The summed E-state index contributed by atoms with van der Waals surface area (Å²) in [7, 11) is 0. The minimum atomic E-state index is 0.0111. The second-order valence-corrected chi connectivity index (χ2v) is 3.34. The first-order chi connectivity index (χ1) is 6.86. The van der Waals surface area contributed by atoms with Gasteiger partial charge in [-0.05, 0) is 18.6 Å². The van der Waals surface area contributed by atoms with Crippen LogP contribution in [0.1, 0.15) is 24.9 Å². The van der Waals surface area contributed by atoms with Gasteiger partial charge in [-0.25, -0.2) is 4.98 Å². The molecule has 14 heavy (non-hydrogen) atoms. The maximum Gasteiger partial charge on any atom is 0.113 e. The average Bonchev–Trinajstić information content (AvgIpc) is 2.58. The standard InChI is InChI=1S/C11H14N2O/c1-2-5-11-12-9(8-14)10-6-3-4-7-13(10)11/h3-4,6-7,14H,2,5,8H2,1H3. The second kappa shape index (κ2) is 3.80. The minimum absolute atomic E-state index is 0.0111. The van der Waals surface area contributed by atoms with Crippen molar-refractivity contribution in [1.82, 2.24) is 9.38 Å². The predicted octanol–water partition coefficient (Wildman–Crippen LogP) is 1.78. The van der Waals surface area contributed by atoms with Crippen molar-refractivity contribution in [3.8, 4) is 0 Å². The lowest BCUT2D eigenvalue weighted by Crippen LogP contribution is -1.92. The Kier molecular flexibility index (Phi) is 2.50. The Bertz CT molecular complexity index is 434. The lowest BCUT2D eigenvalue weighted by molar-refractivity contribution is 0.279. The molecule has 0 radical (unpaired) electrons. The number of pyridine rings is 1. The number of nitrogens with zero attached hydrogens (tertiary/aromatic N) is 2. The minimum Gasteiger partial charge on any atom is -0.390 e. The summed E-state index contributed by atoms with van der Waals surface area (Å²) in [5.41, 5.74) is 1.78. The molecule has 0 saturated carbocycles. The van der Waals surface area contributed by atoms with E-state index in [0.29, 0.717) is 0 Å². The molecule has 3 nitrogen and oxygen atoms in total. The fraction of sp³-hybridized carbons (Fsp3) is 0.364. The molecule has 0 unspecified atom stereocenters. The van der Waals surface area contributed by atoms with Crippen molar-refractivity contribution in [1.29, 1.82) is 0 Å². The number of hydrogen-bond donors (Lipinski definition) is 1. The molecule has 2 aromatic heterocycles. The molecule has 3 heteroatoms. The van der Waals surface area contributed by atoms with Crippen molar-refractivity contribution in [2.75, 3.05) is 0 Å². The summed E-state index contributed by atoms with van der Waals surface area (Å²) >= 11 is 0. The van der Waals surface area contributed by atoms with E-state index in [0.717, 1.165) is 29.9 Å². The van der Waals surface area contributed by atoms with Crippen LogP contribution in [0.2, 0.25) is 0 Å². The maximum absolute atomic E-state index is 9.14. The monoisotopic (exact) mass is 190 g/mol. The van der Waals surface area contributed by atoms with Gasteiger partial charge in [0.25, 0.3) is 0 Å². The Morgan fingerprint density at radius 2 is 2.29 bits per heavy atom. The third-order valence-corrected chi connectivity index (χ3v) is 2.32. The number of hydrogen-bond acceptors (Lipinski definition) is 2. The molecular formula is C11H14N2O. The molecule has 2 rings (SSSR count). The van der Waals surface area contributed by atoms with Gasteiger partial charge in [-0.15, -0.1) is 0 Å². The molecule has 74 valence electrons. The van der Waals surface area contributed by atoms with Crippen molar-refractivity contribution in [2.45, 2.75) is 26.4 Å². The van der Waals surface area contributed by atoms with Crippen molar-refractivity contribution in [3.63, 3.8) is 0 Å². The van der Waals surface area contributed by atoms with E-state index in [2.05, 4.69) is 16.3 Å². The summed E-state index contributed by atoms with van der Waals surface area (Å²) in [6, 6.07) is 5.93. The molecule has 0 aliphatic rings. The number of imidazole rings is 1. The highest BCUT2D eigenvalue weighted by Crippen LogP contribution is 2.13. The summed E-state index contributed by atoms with van der Waals surface area (Å²) in [6.07, 6.45) is 4.01. The van der Waals surface area contributed by atoms with Crippen LogP contribution in [-0.2, 0) is 13.0 Å². The highest BCUT2D eigenvalue weighted by Gasteiger charge is 2.07. The number of fused-ring (bicyclic) bond motifs is 1. The normalized spacial score (nSPS) is 11.0. The fourth-order valence-electron chi connectivity index (χ4n) is 1.69. The summed E-state index contributed by atoms with van der Waals surface area (Å²) in [6.45, 7) is 2.14. The van der Waals surface area contributed by atoms with Gasteiger partial charge in [-0.3, -0.25) is 0 Å². The van der Waals surface area contributed by atoms with Crippen LogP contribution in [0.4, 0.5) is 0 Å². The van der Waals surface area contributed by atoms with Crippen LogP contribution >= 0.6 is 0 Å². The first kappa shape index (κ1) is 9.21. The van der Waals surface area contributed by atoms with Gasteiger partial charge < -0.3 is 9.51 Å². The summed E-state index contributed by atoms with van der Waals surface area (Å²) in [4.78, 5) is 4.41. The Balaban J connectivity index is 2.61. The van der Waals surface area contributed by atoms with Crippen LogP contribution in [0.3, 0.4) is 0 Å². The SMILES string of the molecule is CCCc1nc(CO)c2ccccn12. The van der Waals surface area contributed by atoms with Crippen LogP contribution < -0.4 is 0 Å². The van der Waals surface area contributed by atoms with E-state index < -0.39 is 0 Å². The Morgan fingerprint density at radius 3 is 3.00 bits per heavy atom. The Labute approximate surface area is 83.0 Å². The molecule has 2 aromatic rings. The number of rotatable bonds is 3. The van der Waals surface area contributed by atoms with E-state index in [1.165, 1.54) is 0 Å². The molecule has 1 N–H and O–H groups in total. The molecule has 0 spiro atoms. The van der Waals surface area contributed by atoms with Gasteiger partial charge in [0.15, 0.2) is 0 Å². The average molecular weight is 190 g/mol. The van der Waals surface area contributed by atoms with Gasteiger partial charge >= 0.3 is 0 Å². The van der Waals surface area contributed by atoms with Gasteiger partial charge in [0.05, 0.1) is 17.8 Å². The van der Waals surface area contributed by atoms with E-state index in [9.17, 15) is 0 Å². The first-order valence-corrected chi connectivity index (χ1v) is 4.92. The van der Waals surface area contributed by atoms with Crippen LogP contribution in [0.25, 0.3) is 5.52 Å². The number of aliphatic hydroxyl groups excluding tert-OH is 1. The molecule has 0 fully saturated rings. The third kappa shape index (κ3) is 1.40. The summed E-state index contributed by atoms with van der Waals surface area (Å²) in [5, 5.41) is 9.14. The molecule has 0 aliphatic carbocycles. The van der Waals surface area contributed by atoms with Crippen LogP contribution in [0.15, 0.2) is 24.4 Å². The Hall–Kier alpha value is -1.35. The molecule has 0 amide bonds. The zero-order valence-electron chi connectivity index (χ0n) is 8.27. The predicted molar refractivity (Wildman–Crippen MR) is 55.1 cm³/mol. The maximum atomic E-state index is 9.14. The molecule has 0 aliphatic heterocycles. The van der Waals surface area contributed by atoms with E-state index in [1.807, 2.05) is 24.4 Å². The van der Waals surface area contributed by atoms with Crippen LogP contribution in [0, 0.1) is 0 Å². The number of aryl methyl sites for hydroxylation is 1. The highest BCUT2D eigenvalue weighted by atomic mass is 16.3. The highest BCUT2D eigenvalue weighted by molar-refractivity contribution is 5.52. The first-order valence-electron chi connectivity index (χ1n) is 4.92. The quantitative estimate of drug-likeness (QED) is 0.801. The fourth-order valence-corrected chi connectivity index (χ4v) is 1.69. The lowest BCUT2D eigenvalue weighted by atomic mass is 10.3. The van der Waals surface area contributed by atoms with Gasteiger partial charge in [0, 0.05) is 12.6 Å². The molecule has 0 saturated heterocycles. The Morgan fingerprint density at radius 1 is 1.43 bits per heavy atom. The van der Waals surface area contributed by atoms with E-state index >= 15 is 0 Å². The second-order valence-electron chi connectivity index (χ2n) is 3.34. The van der Waals surface area contributed by atoms with Crippen LogP contribution in [0.5, 0.6) is 0 Å². The topological polar surface area (TPSA) is 37.5 Å².